The zero-order chi connectivity index (χ0) is 29.9. The summed E-state index contributed by atoms with van der Waals surface area (Å²) >= 11 is 0. The summed E-state index contributed by atoms with van der Waals surface area (Å²) in [5, 5.41) is 15.1. The van der Waals surface area contributed by atoms with Gasteiger partial charge in [-0.2, -0.15) is 0 Å². The largest absolute Gasteiger partial charge is 0.494 e. The summed E-state index contributed by atoms with van der Waals surface area (Å²) < 4.78 is 12.9. The normalized spacial score (nSPS) is 11.3. The number of ether oxygens (including phenoxy) is 2. The van der Waals surface area contributed by atoms with E-state index in [0.717, 1.165) is 16.9 Å². The summed E-state index contributed by atoms with van der Waals surface area (Å²) in [6.45, 7) is 7.96. The van der Waals surface area contributed by atoms with Crippen LogP contribution in [0.5, 0.6) is 5.75 Å². The Morgan fingerprint density at radius 2 is 1.93 bits per heavy atom. The first kappa shape index (κ1) is 29.1. The van der Waals surface area contributed by atoms with Crippen molar-refractivity contribution in [2.45, 2.75) is 33.3 Å². The molecule has 0 unspecified atom stereocenters. The summed E-state index contributed by atoms with van der Waals surface area (Å²) in [7, 11) is 4.80. The molecule has 216 valence electrons. The highest BCUT2D eigenvalue weighted by Gasteiger charge is 2.24. The number of benzene rings is 1. The fraction of sp³-hybridized carbons (Fsp3) is 0.357. The monoisotopic (exact) mass is 562 g/mol. The number of rotatable bonds is 9. The van der Waals surface area contributed by atoms with E-state index in [-0.39, 0.29) is 18.2 Å². The SMILES string of the molecule is COc1cc(N(C)CCN(C)C(=O)OC(C)(C)C)c([N+](=O)[O-])cc1Nc1nccc(-c2cnc3c(C)cccn23)n1. The average molecular weight is 563 g/mol. The maximum atomic E-state index is 12.3. The fourth-order valence-corrected chi connectivity index (χ4v) is 4.15. The van der Waals surface area contributed by atoms with E-state index in [1.165, 1.54) is 18.1 Å². The Morgan fingerprint density at radius 3 is 2.61 bits per heavy atom. The third-order valence-corrected chi connectivity index (χ3v) is 6.28. The Kier molecular flexibility index (Phi) is 8.26. The molecule has 0 bridgehead atoms. The quantitative estimate of drug-likeness (QED) is 0.217. The van der Waals surface area contributed by atoms with Gasteiger partial charge in [-0.15, -0.1) is 0 Å². The van der Waals surface area contributed by atoms with E-state index in [1.54, 1.807) is 64.3 Å². The smallest absolute Gasteiger partial charge is 0.410 e. The molecule has 0 fully saturated rings. The van der Waals surface area contributed by atoms with Crippen LogP contribution in [0.2, 0.25) is 0 Å². The lowest BCUT2D eigenvalue weighted by Crippen LogP contribution is -2.38. The Balaban J connectivity index is 1.58. The van der Waals surface area contributed by atoms with Gasteiger partial charge in [-0.25, -0.2) is 19.7 Å². The molecule has 0 aliphatic heterocycles. The molecule has 13 nitrogen and oxygen atoms in total. The van der Waals surface area contributed by atoms with Gasteiger partial charge in [0.1, 0.15) is 22.7 Å². The number of carbonyl (C=O) groups is 1. The van der Waals surface area contributed by atoms with Gasteiger partial charge in [0.05, 0.1) is 35.3 Å². The van der Waals surface area contributed by atoms with E-state index in [0.29, 0.717) is 29.4 Å². The van der Waals surface area contributed by atoms with Crippen LogP contribution in [0.3, 0.4) is 0 Å². The first-order valence-corrected chi connectivity index (χ1v) is 12.9. The molecule has 0 saturated carbocycles. The van der Waals surface area contributed by atoms with Crippen LogP contribution >= 0.6 is 0 Å². The number of hydrogen-bond donors (Lipinski definition) is 1. The maximum Gasteiger partial charge on any atom is 0.410 e. The molecule has 0 aliphatic rings. The lowest BCUT2D eigenvalue weighted by molar-refractivity contribution is -0.384. The number of carbonyl (C=O) groups excluding carboxylic acids is 1. The van der Waals surface area contributed by atoms with Crippen molar-refractivity contribution in [3.05, 3.63) is 64.6 Å². The van der Waals surface area contributed by atoms with E-state index < -0.39 is 16.6 Å². The maximum absolute atomic E-state index is 12.3. The van der Waals surface area contributed by atoms with Crippen molar-refractivity contribution in [3.8, 4) is 17.1 Å². The van der Waals surface area contributed by atoms with Gasteiger partial charge in [0.2, 0.25) is 5.95 Å². The molecule has 1 N–H and O–H groups in total. The van der Waals surface area contributed by atoms with Crippen LogP contribution in [-0.4, -0.2) is 75.2 Å². The lowest BCUT2D eigenvalue weighted by atomic mass is 10.2. The standard InChI is InChI=1S/C28H34N8O5/c1-18-9-8-12-35-23(17-30-25(18)35)19-10-11-29-26(31-19)32-20-15-22(36(38)39)21(16-24(20)40-7)33(5)13-14-34(6)27(37)41-28(2,3)4/h8-12,15-17H,13-14H2,1-7H3,(H,29,31,32). The van der Waals surface area contributed by atoms with Crippen molar-refractivity contribution in [1.29, 1.82) is 0 Å². The van der Waals surface area contributed by atoms with Crippen molar-refractivity contribution >= 4 is 34.8 Å². The fourth-order valence-electron chi connectivity index (χ4n) is 4.15. The molecule has 41 heavy (non-hydrogen) atoms. The number of methoxy groups -OCH3 is 1. The predicted octanol–water partition coefficient (Wildman–Crippen LogP) is 5.06. The summed E-state index contributed by atoms with van der Waals surface area (Å²) in [4.78, 5) is 40.5. The number of nitrogens with zero attached hydrogens (tertiary/aromatic N) is 7. The molecule has 0 aliphatic carbocycles. The molecule has 4 rings (SSSR count). The van der Waals surface area contributed by atoms with Crippen LogP contribution in [-0.2, 0) is 4.74 Å². The number of aryl methyl sites for hydroxylation is 1. The van der Waals surface area contributed by atoms with Crippen molar-refractivity contribution in [1.82, 2.24) is 24.3 Å². The number of nitro groups is 1. The van der Waals surface area contributed by atoms with Gasteiger partial charge >= 0.3 is 6.09 Å². The third kappa shape index (κ3) is 6.62. The molecule has 0 spiro atoms. The minimum absolute atomic E-state index is 0.149. The second-order valence-electron chi connectivity index (χ2n) is 10.5. The second kappa shape index (κ2) is 11.7. The van der Waals surface area contributed by atoms with Gasteiger partial charge in [-0.3, -0.25) is 14.5 Å². The van der Waals surface area contributed by atoms with E-state index >= 15 is 0 Å². The van der Waals surface area contributed by atoms with E-state index in [1.807, 2.05) is 29.7 Å². The summed E-state index contributed by atoms with van der Waals surface area (Å²) in [5.74, 6) is 0.593. The number of nitrogens with one attached hydrogen (secondary N) is 1. The van der Waals surface area contributed by atoms with Crippen LogP contribution < -0.4 is 15.0 Å². The molecule has 13 heteroatoms. The van der Waals surface area contributed by atoms with E-state index in [2.05, 4.69) is 20.3 Å². The number of anilines is 3. The summed E-state index contributed by atoms with van der Waals surface area (Å²) in [5.41, 5.74) is 3.14. The highest BCUT2D eigenvalue weighted by molar-refractivity contribution is 5.77. The molecular formula is C28H34N8O5. The molecule has 3 aromatic heterocycles. The molecule has 0 atom stereocenters. The number of fused-ring (bicyclic) bond motifs is 1. The van der Waals surface area contributed by atoms with E-state index in [4.69, 9.17) is 9.47 Å². The molecule has 4 aromatic rings. The second-order valence-corrected chi connectivity index (χ2v) is 10.5. The Bertz CT molecular complexity index is 1580. The highest BCUT2D eigenvalue weighted by Crippen LogP contribution is 2.39. The molecule has 0 radical (unpaired) electrons. The Morgan fingerprint density at radius 1 is 1.17 bits per heavy atom. The first-order valence-electron chi connectivity index (χ1n) is 12.9. The van der Waals surface area contributed by atoms with Crippen LogP contribution in [0.1, 0.15) is 26.3 Å². The van der Waals surface area contributed by atoms with Gasteiger partial charge in [-0.05, 0) is 45.4 Å². The zero-order valence-corrected chi connectivity index (χ0v) is 24.2. The van der Waals surface area contributed by atoms with Crippen LogP contribution in [0.15, 0.2) is 48.9 Å². The highest BCUT2D eigenvalue weighted by atomic mass is 16.6. The predicted molar refractivity (Wildman–Crippen MR) is 156 cm³/mol. The summed E-state index contributed by atoms with van der Waals surface area (Å²) in [6.07, 6.45) is 4.78. The Hall–Kier alpha value is -4.94. The third-order valence-electron chi connectivity index (χ3n) is 6.28. The number of amides is 1. The number of imidazole rings is 1. The number of pyridine rings is 1. The van der Waals surface area contributed by atoms with Gasteiger partial charge < -0.3 is 24.6 Å². The van der Waals surface area contributed by atoms with Crippen molar-refractivity contribution in [3.63, 3.8) is 0 Å². The van der Waals surface area contributed by atoms with Crippen molar-refractivity contribution in [2.75, 3.05) is 44.5 Å². The van der Waals surface area contributed by atoms with Crippen molar-refractivity contribution < 1.29 is 19.2 Å². The molecule has 1 amide bonds. The van der Waals surface area contributed by atoms with Gasteiger partial charge in [0.15, 0.2) is 0 Å². The molecular weight excluding hydrogens is 528 g/mol. The van der Waals surface area contributed by atoms with Gasteiger partial charge in [0, 0.05) is 51.7 Å². The number of aromatic nitrogens is 4. The molecule has 1 aromatic carbocycles. The molecule has 3 heterocycles. The minimum Gasteiger partial charge on any atom is -0.494 e. The Labute approximate surface area is 237 Å². The van der Waals surface area contributed by atoms with Crippen LogP contribution in [0.25, 0.3) is 17.0 Å². The molecule has 0 saturated heterocycles. The minimum atomic E-state index is -0.624. The lowest BCUT2D eigenvalue weighted by Gasteiger charge is -2.27. The summed E-state index contributed by atoms with van der Waals surface area (Å²) in [6, 6.07) is 8.65. The van der Waals surface area contributed by atoms with Gasteiger partial charge in [0.25, 0.3) is 5.69 Å². The van der Waals surface area contributed by atoms with Gasteiger partial charge in [-0.1, -0.05) is 6.07 Å². The van der Waals surface area contributed by atoms with E-state index in [9.17, 15) is 14.9 Å². The number of hydrogen-bond acceptors (Lipinski definition) is 10. The van der Waals surface area contributed by atoms with Crippen LogP contribution in [0.4, 0.5) is 27.8 Å². The van der Waals surface area contributed by atoms with Crippen molar-refractivity contribution in [2.24, 2.45) is 0 Å². The first-order chi connectivity index (χ1) is 19.4. The number of nitro benzene ring substituents is 1. The van der Waals surface area contributed by atoms with Crippen LogP contribution in [0, 0.1) is 17.0 Å². The average Bonchev–Trinajstić information content (AvgIpc) is 3.36. The topological polar surface area (TPSA) is 140 Å². The number of likely N-dealkylation sites (N-methyl/N-ethyl adjacent to an activating group) is 2. The zero-order valence-electron chi connectivity index (χ0n) is 24.2.